The maximum atomic E-state index is 11.3. The monoisotopic (exact) mass is 215 g/mol. The molecule has 0 atom stereocenters. The van der Waals surface area contributed by atoms with Crippen LogP contribution in [0.4, 0.5) is 9.59 Å². The van der Waals surface area contributed by atoms with Gasteiger partial charge in [-0.15, -0.1) is 0 Å². The van der Waals surface area contributed by atoms with Gasteiger partial charge >= 0.3 is 12.1 Å². The number of hydrogen-bond donors (Lipinski definition) is 3. The first-order chi connectivity index (χ1) is 7.22. The number of piperidine rings is 1. The van der Waals surface area contributed by atoms with Crippen molar-refractivity contribution in [2.45, 2.75) is 25.8 Å². The highest BCUT2D eigenvalue weighted by molar-refractivity contribution is 5.90. The van der Waals surface area contributed by atoms with Gasteiger partial charge in [-0.3, -0.25) is 0 Å². The Morgan fingerprint density at radius 2 is 2.07 bits per heavy atom. The van der Waals surface area contributed by atoms with Crippen LogP contribution >= 0.6 is 0 Å². The van der Waals surface area contributed by atoms with E-state index in [0.717, 1.165) is 25.9 Å². The predicted molar refractivity (Wildman–Crippen MR) is 54.6 cm³/mol. The Balaban J connectivity index is 2.19. The SMILES string of the molecule is CCOC(=O)NC(=O)NC1CCNCC1. The summed E-state index contributed by atoms with van der Waals surface area (Å²) in [4.78, 5) is 22.1. The predicted octanol–water partition coefficient (Wildman–Crippen LogP) is 0.194. The normalized spacial score (nSPS) is 16.9. The molecule has 6 heteroatoms. The van der Waals surface area contributed by atoms with E-state index >= 15 is 0 Å². The number of urea groups is 1. The highest BCUT2D eigenvalue weighted by atomic mass is 16.5. The Kier molecular flexibility index (Phi) is 4.89. The van der Waals surface area contributed by atoms with Gasteiger partial charge in [0.2, 0.25) is 0 Å². The van der Waals surface area contributed by atoms with Crippen LogP contribution in [0.2, 0.25) is 0 Å². The molecule has 3 amide bonds. The van der Waals surface area contributed by atoms with Crippen LogP contribution in [0.25, 0.3) is 0 Å². The van der Waals surface area contributed by atoms with Crippen molar-refractivity contribution >= 4 is 12.1 Å². The third-order valence-electron chi connectivity index (χ3n) is 2.17. The molecule has 0 unspecified atom stereocenters. The topological polar surface area (TPSA) is 79.5 Å². The number of ether oxygens (including phenoxy) is 1. The third-order valence-corrected chi connectivity index (χ3v) is 2.17. The minimum absolute atomic E-state index is 0.140. The van der Waals surface area contributed by atoms with Crippen LogP contribution in [-0.2, 0) is 4.74 Å². The highest BCUT2D eigenvalue weighted by Gasteiger charge is 2.16. The van der Waals surface area contributed by atoms with Gasteiger partial charge < -0.3 is 15.4 Å². The summed E-state index contributed by atoms with van der Waals surface area (Å²) in [7, 11) is 0. The van der Waals surface area contributed by atoms with Crippen molar-refractivity contribution in [3.05, 3.63) is 0 Å². The summed E-state index contributed by atoms with van der Waals surface area (Å²) in [6, 6.07) is -0.346. The van der Waals surface area contributed by atoms with E-state index in [-0.39, 0.29) is 12.6 Å². The van der Waals surface area contributed by atoms with Crippen molar-refractivity contribution in [1.82, 2.24) is 16.0 Å². The second kappa shape index (κ2) is 6.23. The number of rotatable bonds is 2. The first-order valence-electron chi connectivity index (χ1n) is 5.17. The molecule has 1 aliphatic rings. The van der Waals surface area contributed by atoms with Gasteiger partial charge in [-0.25, -0.2) is 14.9 Å². The van der Waals surface area contributed by atoms with Gasteiger partial charge in [-0.1, -0.05) is 0 Å². The Morgan fingerprint density at radius 3 is 2.67 bits per heavy atom. The third kappa shape index (κ3) is 4.64. The van der Waals surface area contributed by atoms with E-state index in [2.05, 4.69) is 20.7 Å². The quantitative estimate of drug-likeness (QED) is 0.614. The van der Waals surface area contributed by atoms with Gasteiger partial charge in [0, 0.05) is 6.04 Å². The maximum Gasteiger partial charge on any atom is 0.415 e. The van der Waals surface area contributed by atoms with Gasteiger partial charge in [0.25, 0.3) is 0 Å². The molecule has 1 saturated heterocycles. The molecule has 0 saturated carbocycles. The van der Waals surface area contributed by atoms with Crippen molar-refractivity contribution in [3.63, 3.8) is 0 Å². The van der Waals surface area contributed by atoms with Crippen molar-refractivity contribution in [1.29, 1.82) is 0 Å². The molecular weight excluding hydrogens is 198 g/mol. The number of imide groups is 1. The summed E-state index contributed by atoms with van der Waals surface area (Å²) in [5, 5.41) is 8.00. The molecule has 15 heavy (non-hydrogen) atoms. The molecule has 1 rings (SSSR count). The lowest BCUT2D eigenvalue weighted by atomic mass is 10.1. The molecule has 0 aromatic carbocycles. The Bertz CT molecular complexity index is 227. The first kappa shape index (κ1) is 11.8. The van der Waals surface area contributed by atoms with E-state index in [9.17, 15) is 9.59 Å². The molecule has 0 aromatic rings. The summed E-state index contributed by atoms with van der Waals surface area (Å²) in [6.45, 7) is 3.73. The molecule has 0 spiro atoms. The number of hydrogen-bond acceptors (Lipinski definition) is 4. The standard InChI is InChI=1S/C9H17N3O3/c1-2-15-9(14)12-8(13)11-7-3-5-10-6-4-7/h7,10H,2-6H2,1H3,(H2,11,12,13,14). The lowest BCUT2D eigenvalue weighted by molar-refractivity contribution is 0.152. The molecule has 0 bridgehead atoms. The number of amides is 3. The summed E-state index contributed by atoms with van der Waals surface area (Å²) in [5.41, 5.74) is 0. The van der Waals surface area contributed by atoms with Crippen molar-refractivity contribution in [2.24, 2.45) is 0 Å². The van der Waals surface area contributed by atoms with Crippen LogP contribution in [0.3, 0.4) is 0 Å². The number of carbonyl (C=O) groups excluding carboxylic acids is 2. The molecule has 86 valence electrons. The first-order valence-corrected chi connectivity index (χ1v) is 5.17. The van der Waals surface area contributed by atoms with Crippen LogP contribution < -0.4 is 16.0 Å². The molecule has 0 radical (unpaired) electrons. The zero-order valence-corrected chi connectivity index (χ0v) is 8.84. The summed E-state index contributed by atoms with van der Waals surface area (Å²) in [6.07, 6.45) is 1.07. The summed E-state index contributed by atoms with van der Waals surface area (Å²) < 4.78 is 4.58. The van der Waals surface area contributed by atoms with E-state index in [1.54, 1.807) is 6.92 Å². The fourth-order valence-electron chi connectivity index (χ4n) is 1.45. The van der Waals surface area contributed by atoms with E-state index in [1.807, 2.05) is 0 Å². The molecule has 1 fully saturated rings. The fraction of sp³-hybridized carbons (Fsp3) is 0.778. The number of nitrogens with one attached hydrogen (secondary N) is 3. The van der Waals surface area contributed by atoms with Crippen LogP contribution in [0.1, 0.15) is 19.8 Å². The second-order valence-electron chi connectivity index (χ2n) is 3.34. The van der Waals surface area contributed by atoms with Crippen molar-refractivity contribution in [3.8, 4) is 0 Å². The van der Waals surface area contributed by atoms with E-state index in [0.29, 0.717) is 0 Å². The van der Waals surface area contributed by atoms with Gasteiger partial charge in [0.1, 0.15) is 0 Å². The summed E-state index contributed by atoms with van der Waals surface area (Å²) in [5.74, 6) is 0. The van der Waals surface area contributed by atoms with E-state index in [4.69, 9.17) is 0 Å². The van der Waals surface area contributed by atoms with Crippen LogP contribution in [-0.4, -0.2) is 37.9 Å². The van der Waals surface area contributed by atoms with Gasteiger partial charge in [0.15, 0.2) is 0 Å². The highest BCUT2D eigenvalue weighted by Crippen LogP contribution is 2.01. The fourth-order valence-corrected chi connectivity index (χ4v) is 1.45. The van der Waals surface area contributed by atoms with Crippen molar-refractivity contribution in [2.75, 3.05) is 19.7 Å². The van der Waals surface area contributed by atoms with E-state index < -0.39 is 12.1 Å². The second-order valence-corrected chi connectivity index (χ2v) is 3.34. The Hall–Kier alpha value is -1.30. The maximum absolute atomic E-state index is 11.3. The summed E-state index contributed by atoms with van der Waals surface area (Å²) >= 11 is 0. The van der Waals surface area contributed by atoms with Crippen molar-refractivity contribution < 1.29 is 14.3 Å². The molecular formula is C9H17N3O3. The molecule has 1 heterocycles. The molecule has 6 nitrogen and oxygen atoms in total. The van der Waals surface area contributed by atoms with Crippen LogP contribution in [0.15, 0.2) is 0 Å². The van der Waals surface area contributed by atoms with E-state index in [1.165, 1.54) is 0 Å². The smallest absolute Gasteiger partial charge is 0.415 e. The molecule has 1 aliphatic heterocycles. The molecule has 3 N–H and O–H groups in total. The number of alkyl carbamates (subject to hydrolysis) is 1. The van der Waals surface area contributed by atoms with Crippen LogP contribution in [0.5, 0.6) is 0 Å². The Morgan fingerprint density at radius 1 is 1.40 bits per heavy atom. The zero-order valence-electron chi connectivity index (χ0n) is 8.84. The Labute approximate surface area is 88.7 Å². The molecule has 0 aromatic heterocycles. The lowest BCUT2D eigenvalue weighted by Crippen LogP contribution is -2.48. The lowest BCUT2D eigenvalue weighted by Gasteiger charge is -2.23. The largest absolute Gasteiger partial charge is 0.450 e. The minimum Gasteiger partial charge on any atom is -0.450 e. The minimum atomic E-state index is -0.705. The van der Waals surface area contributed by atoms with Gasteiger partial charge in [0.05, 0.1) is 6.61 Å². The zero-order chi connectivity index (χ0) is 11.1. The molecule has 0 aliphatic carbocycles. The average Bonchev–Trinajstić information content (AvgIpc) is 2.19. The van der Waals surface area contributed by atoms with Gasteiger partial charge in [-0.05, 0) is 32.9 Å². The van der Waals surface area contributed by atoms with Gasteiger partial charge in [-0.2, -0.15) is 0 Å². The number of carbonyl (C=O) groups is 2. The average molecular weight is 215 g/mol. The van der Waals surface area contributed by atoms with Crippen LogP contribution in [0, 0.1) is 0 Å².